The van der Waals surface area contributed by atoms with Crippen LogP contribution in [0.1, 0.15) is 24.8 Å². The molecule has 11 heteroatoms. The third-order valence-electron chi connectivity index (χ3n) is 5.83. The van der Waals surface area contributed by atoms with Gasteiger partial charge in [0.05, 0.1) is 12.1 Å². The Morgan fingerprint density at radius 3 is 2.25 bits per heavy atom. The number of hydrogen-bond acceptors (Lipinski definition) is 7. The number of carbonyl (C=O) groups excluding carboxylic acids is 1. The van der Waals surface area contributed by atoms with Gasteiger partial charge in [0, 0.05) is 0 Å². The standard InChI is InChI=1S/C25H28BN3O6S/c30-25(28-23(26(31)32)16-19-11-12-19)22(15-18-7-3-1-4-8-18)29-36(33,34)24-14-13-21(17-27-24)35-20-9-5-2-6-10-20/h1-10,13-14,17,19,22-23,29,31-32H,11-12,15-16H2,(H,28,30)/t22-,23-/m0/s1. The SMILES string of the molecule is O=C(N[C@@H](CC1CC1)B(O)O)[C@H](Cc1ccccc1)NS(=O)(=O)c1ccc(Oc2ccccc2)cn1. The zero-order valence-corrected chi connectivity index (χ0v) is 20.3. The van der Waals surface area contributed by atoms with Gasteiger partial charge in [0.25, 0.3) is 10.0 Å². The maximum absolute atomic E-state index is 13.1. The molecule has 1 aliphatic carbocycles. The molecule has 2 aromatic carbocycles. The summed E-state index contributed by atoms with van der Waals surface area (Å²) in [4.78, 5) is 17.1. The molecule has 1 amide bonds. The molecule has 1 saturated carbocycles. The highest BCUT2D eigenvalue weighted by Gasteiger charge is 2.35. The lowest BCUT2D eigenvalue weighted by Gasteiger charge is -2.23. The second-order valence-corrected chi connectivity index (χ2v) is 10.5. The predicted molar refractivity (Wildman–Crippen MR) is 134 cm³/mol. The van der Waals surface area contributed by atoms with Gasteiger partial charge in [-0.2, -0.15) is 4.72 Å². The number of pyridine rings is 1. The molecule has 36 heavy (non-hydrogen) atoms. The number of ether oxygens (including phenoxy) is 1. The average Bonchev–Trinajstić information content (AvgIpc) is 3.69. The van der Waals surface area contributed by atoms with E-state index in [4.69, 9.17) is 4.74 Å². The van der Waals surface area contributed by atoms with Gasteiger partial charge in [0.2, 0.25) is 5.91 Å². The van der Waals surface area contributed by atoms with Gasteiger partial charge in [0.1, 0.15) is 17.5 Å². The summed E-state index contributed by atoms with van der Waals surface area (Å²) in [5.41, 5.74) is 0.739. The Labute approximate surface area is 210 Å². The molecule has 1 heterocycles. The van der Waals surface area contributed by atoms with Crippen LogP contribution in [0.4, 0.5) is 0 Å². The quantitative estimate of drug-likeness (QED) is 0.274. The lowest BCUT2D eigenvalue weighted by molar-refractivity contribution is -0.123. The Hall–Kier alpha value is -3.25. The van der Waals surface area contributed by atoms with Crippen LogP contribution < -0.4 is 14.8 Å². The summed E-state index contributed by atoms with van der Waals surface area (Å²) < 4.78 is 34.3. The van der Waals surface area contributed by atoms with Crippen LogP contribution in [0.25, 0.3) is 0 Å². The Morgan fingerprint density at radius 2 is 1.67 bits per heavy atom. The summed E-state index contributed by atoms with van der Waals surface area (Å²) >= 11 is 0. The van der Waals surface area contributed by atoms with E-state index in [2.05, 4.69) is 15.0 Å². The van der Waals surface area contributed by atoms with Crippen LogP contribution in [0.5, 0.6) is 11.5 Å². The van der Waals surface area contributed by atoms with Gasteiger partial charge in [0.15, 0.2) is 5.03 Å². The molecule has 0 unspecified atom stereocenters. The molecule has 2 atom stereocenters. The minimum absolute atomic E-state index is 0.0682. The largest absolute Gasteiger partial charge is 0.475 e. The van der Waals surface area contributed by atoms with Crippen molar-refractivity contribution in [1.82, 2.24) is 15.0 Å². The highest BCUT2D eigenvalue weighted by Crippen LogP contribution is 2.33. The van der Waals surface area contributed by atoms with Crippen molar-refractivity contribution in [2.45, 2.75) is 42.7 Å². The normalized spacial score (nSPS) is 15.1. The van der Waals surface area contributed by atoms with Crippen molar-refractivity contribution in [1.29, 1.82) is 0 Å². The highest BCUT2D eigenvalue weighted by atomic mass is 32.2. The van der Waals surface area contributed by atoms with Gasteiger partial charge in [-0.05, 0) is 48.6 Å². The van der Waals surface area contributed by atoms with E-state index in [1.54, 1.807) is 36.4 Å². The Bertz CT molecular complexity index is 1240. The van der Waals surface area contributed by atoms with E-state index in [0.717, 1.165) is 18.4 Å². The van der Waals surface area contributed by atoms with Gasteiger partial charge < -0.3 is 20.1 Å². The zero-order chi connectivity index (χ0) is 25.5. The van der Waals surface area contributed by atoms with Crippen LogP contribution in [0.2, 0.25) is 0 Å². The number of amides is 1. The molecule has 0 saturated heterocycles. The van der Waals surface area contributed by atoms with E-state index in [1.807, 2.05) is 24.3 Å². The summed E-state index contributed by atoms with van der Waals surface area (Å²) in [6.45, 7) is 0. The molecular weight excluding hydrogens is 481 g/mol. The molecular formula is C25H28BN3O6S. The summed E-state index contributed by atoms with van der Waals surface area (Å²) in [6.07, 6.45) is 3.71. The fourth-order valence-electron chi connectivity index (χ4n) is 3.75. The first-order valence-corrected chi connectivity index (χ1v) is 13.2. The zero-order valence-electron chi connectivity index (χ0n) is 19.5. The van der Waals surface area contributed by atoms with Crippen LogP contribution in [-0.4, -0.2) is 48.5 Å². The molecule has 1 aliphatic rings. The van der Waals surface area contributed by atoms with E-state index in [-0.39, 0.29) is 11.4 Å². The fraction of sp³-hybridized carbons (Fsp3) is 0.280. The monoisotopic (exact) mass is 509 g/mol. The lowest BCUT2D eigenvalue weighted by Crippen LogP contribution is -2.54. The van der Waals surface area contributed by atoms with Crippen molar-refractivity contribution < 1.29 is 28.0 Å². The van der Waals surface area contributed by atoms with Crippen LogP contribution in [0, 0.1) is 5.92 Å². The van der Waals surface area contributed by atoms with Gasteiger partial charge in [-0.25, -0.2) is 13.4 Å². The molecule has 0 aliphatic heterocycles. The number of sulfonamides is 1. The molecule has 0 spiro atoms. The maximum Gasteiger partial charge on any atom is 0.475 e. The fourth-order valence-corrected chi connectivity index (χ4v) is 4.87. The van der Waals surface area contributed by atoms with Crippen molar-refractivity contribution in [3.05, 3.63) is 84.6 Å². The maximum atomic E-state index is 13.1. The molecule has 1 fully saturated rings. The van der Waals surface area contributed by atoms with E-state index in [0.29, 0.717) is 23.8 Å². The highest BCUT2D eigenvalue weighted by molar-refractivity contribution is 7.89. The van der Waals surface area contributed by atoms with Crippen molar-refractivity contribution in [3.8, 4) is 11.5 Å². The predicted octanol–water partition coefficient (Wildman–Crippen LogP) is 2.06. The number of nitrogens with zero attached hydrogens (tertiary/aromatic N) is 1. The molecule has 188 valence electrons. The third-order valence-corrected chi connectivity index (χ3v) is 7.22. The number of hydrogen-bond donors (Lipinski definition) is 4. The number of benzene rings is 2. The second kappa shape index (κ2) is 11.7. The molecule has 4 N–H and O–H groups in total. The van der Waals surface area contributed by atoms with Gasteiger partial charge in [-0.1, -0.05) is 61.4 Å². The first-order chi connectivity index (χ1) is 17.3. The summed E-state index contributed by atoms with van der Waals surface area (Å²) in [5.74, 6) is -0.272. The van der Waals surface area contributed by atoms with E-state index >= 15 is 0 Å². The first kappa shape index (κ1) is 25.8. The van der Waals surface area contributed by atoms with Crippen LogP contribution in [0.3, 0.4) is 0 Å². The molecule has 1 aromatic heterocycles. The number of para-hydroxylation sites is 1. The summed E-state index contributed by atoms with van der Waals surface area (Å²) in [5, 5.41) is 21.8. The van der Waals surface area contributed by atoms with Crippen LogP contribution in [-0.2, 0) is 21.2 Å². The summed E-state index contributed by atoms with van der Waals surface area (Å²) in [7, 11) is -5.93. The van der Waals surface area contributed by atoms with Gasteiger partial charge >= 0.3 is 7.12 Å². The molecule has 4 rings (SSSR count). The van der Waals surface area contributed by atoms with E-state index in [1.165, 1.54) is 18.3 Å². The Morgan fingerprint density at radius 1 is 1.00 bits per heavy atom. The van der Waals surface area contributed by atoms with Crippen molar-refractivity contribution in [2.75, 3.05) is 0 Å². The second-order valence-electron chi connectivity index (χ2n) is 8.82. The molecule has 9 nitrogen and oxygen atoms in total. The lowest BCUT2D eigenvalue weighted by atomic mass is 9.76. The topological polar surface area (TPSA) is 138 Å². The van der Waals surface area contributed by atoms with Crippen molar-refractivity contribution in [2.24, 2.45) is 5.92 Å². The smallest absolute Gasteiger partial charge is 0.456 e. The average molecular weight is 509 g/mol. The molecule has 0 bridgehead atoms. The van der Waals surface area contributed by atoms with Crippen molar-refractivity contribution >= 4 is 23.0 Å². The van der Waals surface area contributed by atoms with Crippen LogP contribution >= 0.6 is 0 Å². The minimum atomic E-state index is -4.18. The Balaban J connectivity index is 1.50. The number of rotatable bonds is 12. The van der Waals surface area contributed by atoms with Crippen LogP contribution in [0.15, 0.2) is 84.0 Å². The third kappa shape index (κ3) is 7.38. The summed E-state index contributed by atoms with van der Waals surface area (Å²) in [6, 6.07) is 19.6. The van der Waals surface area contributed by atoms with Crippen molar-refractivity contribution in [3.63, 3.8) is 0 Å². The number of aromatic nitrogens is 1. The van der Waals surface area contributed by atoms with Gasteiger partial charge in [-0.3, -0.25) is 4.79 Å². The molecule has 0 radical (unpaired) electrons. The molecule has 3 aromatic rings. The number of carbonyl (C=O) groups is 1. The van der Waals surface area contributed by atoms with Gasteiger partial charge in [-0.15, -0.1) is 0 Å². The van der Waals surface area contributed by atoms with E-state index in [9.17, 15) is 23.3 Å². The Kier molecular flexibility index (Phi) is 8.37. The minimum Gasteiger partial charge on any atom is -0.456 e. The first-order valence-electron chi connectivity index (χ1n) is 11.7. The number of nitrogens with one attached hydrogen (secondary N) is 2. The van der Waals surface area contributed by atoms with E-state index < -0.39 is 35.0 Å².